The van der Waals surface area contributed by atoms with Crippen LogP contribution >= 0.6 is 35.6 Å². The third-order valence-electron chi connectivity index (χ3n) is 8.05. The summed E-state index contributed by atoms with van der Waals surface area (Å²) in [5, 5.41) is 5.57. The molecule has 1 amide bonds. The molecule has 0 saturated carbocycles. The van der Waals surface area contributed by atoms with Crippen molar-refractivity contribution in [3.05, 3.63) is 152 Å². The van der Waals surface area contributed by atoms with Gasteiger partial charge in [0.25, 0.3) is 11.5 Å². The topological polar surface area (TPSA) is 74.3 Å². The van der Waals surface area contributed by atoms with Crippen LogP contribution in [0.5, 0.6) is 5.75 Å². The Morgan fingerprint density at radius 1 is 0.896 bits per heavy atom. The molecule has 11 heteroatoms. The normalized spacial score (nSPS) is 13.9. The Morgan fingerprint density at radius 3 is 2.31 bits per heavy atom. The number of anilines is 1. The molecule has 0 N–H and O–H groups in total. The van der Waals surface area contributed by atoms with Gasteiger partial charge in [0.15, 0.2) is 4.32 Å². The molecule has 1 aliphatic rings. The summed E-state index contributed by atoms with van der Waals surface area (Å²) in [7, 11) is 1.79. The molecule has 238 valence electrons. The molecule has 0 spiro atoms. The molecule has 1 saturated heterocycles. The van der Waals surface area contributed by atoms with Crippen LogP contribution in [0.3, 0.4) is 0 Å². The van der Waals surface area contributed by atoms with Crippen LogP contribution in [0.4, 0.5) is 5.69 Å². The molecule has 3 heterocycles. The van der Waals surface area contributed by atoms with Gasteiger partial charge in [-0.3, -0.25) is 19.2 Å². The average Bonchev–Trinajstić information content (AvgIpc) is 3.72. The van der Waals surface area contributed by atoms with E-state index in [2.05, 4.69) is 0 Å². The maximum absolute atomic E-state index is 14.0. The number of aromatic nitrogens is 4. The van der Waals surface area contributed by atoms with E-state index in [1.54, 1.807) is 29.4 Å². The second-order valence-corrected chi connectivity index (χ2v) is 13.1. The van der Waals surface area contributed by atoms with E-state index in [1.807, 2.05) is 115 Å². The number of hydrogen-bond acceptors (Lipinski definition) is 6. The van der Waals surface area contributed by atoms with Crippen molar-refractivity contribution < 1.29 is 9.53 Å². The van der Waals surface area contributed by atoms with E-state index < -0.39 is 0 Å². The number of thioether (sulfide) groups is 1. The molecular weight excluding hydrogens is 662 g/mol. The van der Waals surface area contributed by atoms with Gasteiger partial charge in [-0.2, -0.15) is 5.10 Å². The van der Waals surface area contributed by atoms with Crippen LogP contribution in [0, 0.1) is 6.92 Å². The van der Waals surface area contributed by atoms with E-state index in [0.29, 0.717) is 44.9 Å². The van der Waals surface area contributed by atoms with Crippen LogP contribution in [-0.4, -0.2) is 29.4 Å². The molecule has 0 aliphatic carbocycles. The first-order valence-electron chi connectivity index (χ1n) is 15.0. The van der Waals surface area contributed by atoms with E-state index in [1.165, 1.54) is 9.58 Å². The SMILES string of the molecule is Cc1c(N2C(=O)/C(=C/c3cn(-c4ccccc4)nc3-c3cccc(OCc4ccccc4Cl)c3)SC2=S)c(=O)n(-c2ccccc2)n1C. The van der Waals surface area contributed by atoms with Crippen LogP contribution in [0.2, 0.25) is 5.02 Å². The van der Waals surface area contributed by atoms with Crippen LogP contribution in [-0.2, 0) is 18.4 Å². The van der Waals surface area contributed by atoms with Gasteiger partial charge in [-0.1, -0.05) is 102 Å². The molecule has 2 aromatic heterocycles. The molecule has 8 nitrogen and oxygen atoms in total. The minimum absolute atomic E-state index is 0.232. The van der Waals surface area contributed by atoms with Gasteiger partial charge in [-0.15, -0.1) is 0 Å². The maximum atomic E-state index is 14.0. The minimum atomic E-state index is -0.369. The molecule has 4 aromatic carbocycles. The van der Waals surface area contributed by atoms with E-state index in [-0.39, 0.29) is 21.5 Å². The molecule has 1 aliphatic heterocycles. The Balaban J connectivity index is 1.26. The highest BCUT2D eigenvalue weighted by Gasteiger charge is 2.38. The second-order valence-electron chi connectivity index (χ2n) is 11.0. The van der Waals surface area contributed by atoms with Gasteiger partial charge in [-0.25, -0.2) is 9.36 Å². The summed E-state index contributed by atoms with van der Waals surface area (Å²) in [5.41, 5.74) is 5.10. The number of carbonyl (C=O) groups excluding carboxylic acids is 1. The van der Waals surface area contributed by atoms with Crippen molar-refractivity contribution in [1.82, 2.24) is 19.1 Å². The van der Waals surface area contributed by atoms with Crippen molar-refractivity contribution in [2.75, 3.05) is 4.90 Å². The predicted octanol–water partition coefficient (Wildman–Crippen LogP) is 7.98. The van der Waals surface area contributed by atoms with Crippen molar-refractivity contribution >= 4 is 57.6 Å². The fourth-order valence-electron chi connectivity index (χ4n) is 5.55. The van der Waals surface area contributed by atoms with Gasteiger partial charge < -0.3 is 4.74 Å². The first-order chi connectivity index (χ1) is 23.3. The highest BCUT2D eigenvalue weighted by Crippen LogP contribution is 2.38. The molecule has 48 heavy (non-hydrogen) atoms. The van der Waals surface area contributed by atoms with Crippen LogP contribution in [0.1, 0.15) is 16.8 Å². The quantitative estimate of drug-likeness (QED) is 0.119. The third-order valence-corrected chi connectivity index (χ3v) is 9.72. The molecule has 0 atom stereocenters. The number of thiocarbonyl (C=S) groups is 1. The fraction of sp³-hybridized carbons (Fsp3) is 0.0811. The van der Waals surface area contributed by atoms with Crippen LogP contribution in [0.25, 0.3) is 28.7 Å². The summed E-state index contributed by atoms with van der Waals surface area (Å²) in [6.07, 6.45) is 3.66. The summed E-state index contributed by atoms with van der Waals surface area (Å²) in [4.78, 5) is 29.5. The lowest BCUT2D eigenvalue weighted by Crippen LogP contribution is -2.33. The zero-order chi connectivity index (χ0) is 33.4. The summed E-state index contributed by atoms with van der Waals surface area (Å²) >= 11 is 13.2. The number of carbonyl (C=O) groups is 1. The molecule has 1 fully saturated rings. The maximum Gasteiger partial charge on any atom is 0.296 e. The van der Waals surface area contributed by atoms with Gasteiger partial charge >= 0.3 is 0 Å². The number of rotatable bonds is 8. The summed E-state index contributed by atoms with van der Waals surface area (Å²) < 4.78 is 11.4. The van der Waals surface area contributed by atoms with Gasteiger partial charge in [0.2, 0.25) is 0 Å². The Kier molecular flexibility index (Phi) is 8.62. The summed E-state index contributed by atoms with van der Waals surface area (Å²) in [5.74, 6) is 0.277. The number of ether oxygens (including phenoxy) is 1. The number of nitrogens with zero attached hydrogens (tertiary/aromatic N) is 5. The number of hydrogen-bond donors (Lipinski definition) is 0. The number of para-hydroxylation sites is 2. The molecular formula is C37H28ClN5O3S2. The number of benzene rings is 4. The highest BCUT2D eigenvalue weighted by atomic mass is 35.5. The van der Waals surface area contributed by atoms with Crippen molar-refractivity contribution in [3.63, 3.8) is 0 Å². The van der Waals surface area contributed by atoms with E-state index in [4.69, 9.17) is 33.7 Å². The van der Waals surface area contributed by atoms with Gasteiger partial charge in [0.05, 0.1) is 22.0 Å². The smallest absolute Gasteiger partial charge is 0.296 e. The zero-order valence-electron chi connectivity index (χ0n) is 25.9. The minimum Gasteiger partial charge on any atom is -0.489 e. The largest absolute Gasteiger partial charge is 0.489 e. The lowest BCUT2D eigenvalue weighted by molar-refractivity contribution is -0.113. The highest BCUT2D eigenvalue weighted by molar-refractivity contribution is 8.27. The Hall–Kier alpha value is -5.16. The first-order valence-corrected chi connectivity index (χ1v) is 16.6. The standard InChI is InChI=1S/C37H28ClN5O3S2/c1-24-34(36(45)43(40(24)2)29-16-7-4-8-17-29)42-35(44)32(48-37(42)47)21-27-22-41(28-14-5-3-6-15-28)39-33(27)25-13-11-18-30(20-25)46-23-26-12-9-10-19-31(26)38/h3-22H,23H2,1-2H3/b32-21-. The lowest BCUT2D eigenvalue weighted by atomic mass is 10.1. The Morgan fingerprint density at radius 2 is 1.58 bits per heavy atom. The molecule has 6 aromatic rings. The van der Waals surface area contributed by atoms with Gasteiger partial charge in [-0.05, 0) is 55.5 Å². The van der Waals surface area contributed by atoms with E-state index >= 15 is 0 Å². The monoisotopic (exact) mass is 689 g/mol. The van der Waals surface area contributed by atoms with Crippen molar-refractivity contribution in [3.8, 4) is 28.4 Å². The first kappa shape index (κ1) is 31.4. The van der Waals surface area contributed by atoms with Crippen LogP contribution in [0.15, 0.2) is 125 Å². The average molecular weight is 690 g/mol. The lowest BCUT2D eigenvalue weighted by Gasteiger charge is -2.12. The Labute approximate surface area is 291 Å². The molecule has 0 radical (unpaired) electrons. The number of halogens is 1. The summed E-state index contributed by atoms with van der Waals surface area (Å²) in [6.45, 7) is 2.11. The molecule has 0 bridgehead atoms. The number of amides is 1. The van der Waals surface area contributed by atoms with Gasteiger partial charge in [0, 0.05) is 35.0 Å². The van der Waals surface area contributed by atoms with Crippen molar-refractivity contribution in [2.45, 2.75) is 13.5 Å². The van der Waals surface area contributed by atoms with E-state index in [9.17, 15) is 9.59 Å². The van der Waals surface area contributed by atoms with Crippen molar-refractivity contribution in [1.29, 1.82) is 0 Å². The van der Waals surface area contributed by atoms with Crippen molar-refractivity contribution in [2.24, 2.45) is 7.05 Å². The fourth-order valence-corrected chi connectivity index (χ4v) is 7.01. The zero-order valence-corrected chi connectivity index (χ0v) is 28.3. The van der Waals surface area contributed by atoms with E-state index in [0.717, 1.165) is 28.6 Å². The predicted molar refractivity (Wildman–Crippen MR) is 196 cm³/mol. The molecule has 0 unspecified atom stereocenters. The second kappa shape index (κ2) is 13.2. The Bertz CT molecular complexity index is 2280. The third kappa shape index (κ3) is 5.90. The summed E-state index contributed by atoms with van der Waals surface area (Å²) in [6, 6.07) is 34.2. The molecule has 7 rings (SSSR count). The van der Waals surface area contributed by atoms with Gasteiger partial charge in [0.1, 0.15) is 23.7 Å². The van der Waals surface area contributed by atoms with Crippen LogP contribution < -0.4 is 15.2 Å².